The molecule has 0 radical (unpaired) electrons. The molecule has 4 rings (SSSR count). The van der Waals surface area contributed by atoms with Crippen LogP contribution in [0.5, 0.6) is 11.5 Å². The Balaban J connectivity index is 1.21. The van der Waals surface area contributed by atoms with Crippen molar-refractivity contribution >= 4 is 5.69 Å². The molecule has 1 unspecified atom stereocenters. The summed E-state index contributed by atoms with van der Waals surface area (Å²) >= 11 is 0. The van der Waals surface area contributed by atoms with Crippen LogP contribution in [0.15, 0.2) is 30.3 Å². The normalized spacial score (nSPS) is 19.0. The number of β-amino-alcohol motifs (C(OH)–C–C–N with tert-alkyl or cyclic N) is 1. The zero-order chi connectivity index (χ0) is 23.4. The SMILES string of the molecule is Cc1cc(OCC(O)CN2CCC(c3ccc(OC4CCCC4)cc3)CC2)c(C)c(C)c1N. The van der Waals surface area contributed by atoms with Crippen molar-refractivity contribution in [2.24, 2.45) is 0 Å². The van der Waals surface area contributed by atoms with Gasteiger partial charge in [-0.2, -0.15) is 0 Å². The Morgan fingerprint density at radius 3 is 2.33 bits per heavy atom. The fraction of sp³-hybridized carbons (Fsp3) is 0.571. The summed E-state index contributed by atoms with van der Waals surface area (Å²) in [6.07, 6.45) is 7.10. The molecule has 2 fully saturated rings. The summed E-state index contributed by atoms with van der Waals surface area (Å²) < 4.78 is 12.1. The Hall–Kier alpha value is -2.24. The van der Waals surface area contributed by atoms with Crippen molar-refractivity contribution in [2.45, 2.75) is 77.4 Å². The van der Waals surface area contributed by atoms with Gasteiger partial charge < -0.3 is 25.2 Å². The molecular weight excluding hydrogens is 412 g/mol. The van der Waals surface area contributed by atoms with E-state index in [1.54, 1.807) is 0 Å². The van der Waals surface area contributed by atoms with Crippen LogP contribution in [0.25, 0.3) is 0 Å². The van der Waals surface area contributed by atoms with Gasteiger partial charge in [0.1, 0.15) is 24.2 Å². The molecule has 1 aliphatic carbocycles. The predicted octanol–water partition coefficient (Wildman–Crippen LogP) is 5.13. The van der Waals surface area contributed by atoms with E-state index in [-0.39, 0.29) is 0 Å². The van der Waals surface area contributed by atoms with Gasteiger partial charge in [-0.05, 0) is 119 Å². The molecule has 1 saturated carbocycles. The number of aliphatic hydroxyl groups excluding tert-OH is 1. The number of aliphatic hydroxyl groups is 1. The minimum Gasteiger partial charge on any atom is -0.491 e. The van der Waals surface area contributed by atoms with Crippen LogP contribution in [-0.4, -0.2) is 48.5 Å². The molecule has 2 aromatic rings. The average molecular weight is 453 g/mol. The van der Waals surface area contributed by atoms with Crippen molar-refractivity contribution in [2.75, 3.05) is 32.0 Å². The second kappa shape index (κ2) is 10.8. The molecule has 2 aromatic carbocycles. The van der Waals surface area contributed by atoms with Crippen molar-refractivity contribution < 1.29 is 14.6 Å². The number of piperidine rings is 1. The maximum absolute atomic E-state index is 10.6. The number of aryl methyl sites for hydroxylation is 1. The van der Waals surface area contributed by atoms with Gasteiger partial charge in [0.2, 0.25) is 0 Å². The zero-order valence-corrected chi connectivity index (χ0v) is 20.5. The lowest BCUT2D eigenvalue weighted by Crippen LogP contribution is -2.40. The fourth-order valence-electron chi connectivity index (χ4n) is 5.22. The van der Waals surface area contributed by atoms with E-state index in [1.807, 2.05) is 26.8 Å². The molecule has 1 atom stereocenters. The lowest BCUT2D eigenvalue weighted by molar-refractivity contribution is 0.0592. The van der Waals surface area contributed by atoms with E-state index >= 15 is 0 Å². The molecule has 33 heavy (non-hydrogen) atoms. The first-order valence-corrected chi connectivity index (χ1v) is 12.6. The summed E-state index contributed by atoms with van der Waals surface area (Å²) in [6.45, 7) is 8.97. The first-order valence-electron chi connectivity index (χ1n) is 12.6. The molecule has 5 heteroatoms. The fourth-order valence-corrected chi connectivity index (χ4v) is 5.22. The van der Waals surface area contributed by atoms with Crippen LogP contribution in [-0.2, 0) is 0 Å². The molecule has 5 nitrogen and oxygen atoms in total. The summed E-state index contributed by atoms with van der Waals surface area (Å²) in [4.78, 5) is 2.36. The van der Waals surface area contributed by atoms with Crippen LogP contribution in [0.1, 0.15) is 66.7 Å². The van der Waals surface area contributed by atoms with E-state index in [9.17, 15) is 5.11 Å². The molecule has 3 N–H and O–H groups in total. The Bertz CT molecular complexity index is 914. The summed E-state index contributed by atoms with van der Waals surface area (Å²) in [6, 6.07) is 10.7. The van der Waals surface area contributed by atoms with Crippen molar-refractivity contribution in [1.82, 2.24) is 4.90 Å². The molecule has 1 aliphatic heterocycles. The van der Waals surface area contributed by atoms with Crippen LogP contribution in [0.2, 0.25) is 0 Å². The quantitative estimate of drug-likeness (QED) is 0.543. The van der Waals surface area contributed by atoms with E-state index in [1.165, 1.54) is 31.2 Å². The summed E-state index contributed by atoms with van der Waals surface area (Å²) in [5.41, 5.74) is 11.4. The molecular formula is C28H40N2O3. The molecule has 0 amide bonds. The van der Waals surface area contributed by atoms with Gasteiger partial charge in [-0.15, -0.1) is 0 Å². The molecule has 180 valence electrons. The number of nitrogens with two attached hydrogens (primary N) is 1. The summed E-state index contributed by atoms with van der Waals surface area (Å²) in [7, 11) is 0. The number of nitrogens with zero attached hydrogens (tertiary/aromatic N) is 1. The Morgan fingerprint density at radius 2 is 1.67 bits per heavy atom. The lowest BCUT2D eigenvalue weighted by atomic mass is 9.89. The van der Waals surface area contributed by atoms with Crippen molar-refractivity contribution in [3.05, 3.63) is 52.6 Å². The molecule has 1 heterocycles. The van der Waals surface area contributed by atoms with E-state index in [0.717, 1.165) is 59.8 Å². The Kier molecular flexibility index (Phi) is 7.82. The van der Waals surface area contributed by atoms with Gasteiger partial charge in [0.15, 0.2) is 0 Å². The number of ether oxygens (including phenoxy) is 2. The third-order valence-corrected chi connectivity index (χ3v) is 7.55. The second-order valence-electron chi connectivity index (χ2n) is 9.99. The Labute approximate surface area is 198 Å². The van der Waals surface area contributed by atoms with E-state index < -0.39 is 6.10 Å². The smallest absolute Gasteiger partial charge is 0.123 e. The third kappa shape index (κ3) is 6.01. The van der Waals surface area contributed by atoms with E-state index in [4.69, 9.17) is 15.2 Å². The minimum absolute atomic E-state index is 0.298. The Morgan fingerprint density at radius 1 is 1.00 bits per heavy atom. The molecule has 0 bridgehead atoms. The lowest BCUT2D eigenvalue weighted by Gasteiger charge is -2.33. The number of anilines is 1. The maximum atomic E-state index is 10.6. The summed E-state index contributed by atoms with van der Waals surface area (Å²) in [5, 5.41) is 10.6. The number of hydrogen-bond acceptors (Lipinski definition) is 5. The molecule has 0 aromatic heterocycles. The standard InChI is InChI=1S/C28H40N2O3/c1-19-16-27(20(2)21(3)28(19)29)32-18-24(31)17-30-14-12-23(13-15-30)22-8-10-26(11-9-22)33-25-6-4-5-7-25/h8-11,16,23-25,31H,4-7,12-15,17-18,29H2,1-3H3. The first kappa shape index (κ1) is 23.9. The zero-order valence-electron chi connectivity index (χ0n) is 20.5. The topological polar surface area (TPSA) is 68.0 Å². The monoisotopic (exact) mass is 452 g/mol. The highest BCUT2D eigenvalue weighted by atomic mass is 16.5. The van der Waals surface area contributed by atoms with Gasteiger partial charge in [0, 0.05) is 12.2 Å². The van der Waals surface area contributed by atoms with Gasteiger partial charge in [0.25, 0.3) is 0 Å². The van der Waals surface area contributed by atoms with Gasteiger partial charge in [0.05, 0.1) is 6.10 Å². The maximum Gasteiger partial charge on any atom is 0.123 e. The highest BCUT2D eigenvalue weighted by Crippen LogP contribution is 2.31. The number of rotatable bonds is 8. The third-order valence-electron chi connectivity index (χ3n) is 7.55. The molecule has 2 aliphatic rings. The van der Waals surface area contributed by atoms with Crippen molar-refractivity contribution in [1.29, 1.82) is 0 Å². The molecule has 1 saturated heterocycles. The minimum atomic E-state index is -0.508. The van der Waals surface area contributed by atoms with Crippen LogP contribution in [0, 0.1) is 20.8 Å². The number of likely N-dealkylation sites (tertiary alicyclic amines) is 1. The number of nitrogen functional groups attached to an aromatic ring is 1. The summed E-state index contributed by atoms with van der Waals surface area (Å²) in [5.74, 6) is 2.41. The van der Waals surface area contributed by atoms with Crippen molar-refractivity contribution in [3.8, 4) is 11.5 Å². The second-order valence-corrected chi connectivity index (χ2v) is 9.99. The van der Waals surface area contributed by atoms with Crippen LogP contribution in [0.3, 0.4) is 0 Å². The van der Waals surface area contributed by atoms with Crippen molar-refractivity contribution in [3.63, 3.8) is 0 Å². The van der Waals surface area contributed by atoms with Gasteiger partial charge in [-0.25, -0.2) is 0 Å². The molecule has 0 spiro atoms. The van der Waals surface area contributed by atoms with Crippen LogP contribution >= 0.6 is 0 Å². The number of hydrogen-bond donors (Lipinski definition) is 2. The van der Waals surface area contributed by atoms with E-state index in [2.05, 4.69) is 29.2 Å². The highest BCUT2D eigenvalue weighted by Gasteiger charge is 2.23. The predicted molar refractivity (Wildman–Crippen MR) is 134 cm³/mol. The van der Waals surface area contributed by atoms with Gasteiger partial charge in [-0.3, -0.25) is 0 Å². The van der Waals surface area contributed by atoms with E-state index in [0.29, 0.717) is 25.2 Å². The number of benzene rings is 2. The van der Waals surface area contributed by atoms with Crippen LogP contribution in [0.4, 0.5) is 5.69 Å². The van der Waals surface area contributed by atoms with Gasteiger partial charge >= 0.3 is 0 Å². The van der Waals surface area contributed by atoms with Gasteiger partial charge in [-0.1, -0.05) is 12.1 Å². The first-order chi connectivity index (χ1) is 15.9. The average Bonchev–Trinajstić information content (AvgIpc) is 3.33. The van der Waals surface area contributed by atoms with Crippen LogP contribution < -0.4 is 15.2 Å². The highest BCUT2D eigenvalue weighted by molar-refractivity contribution is 5.60. The largest absolute Gasteiger partial charge is 0.491 e.